The quantitative estimate of drug-likeness (QED) is 0.111. The van der Waals surface area contributed by atoms with Gasteiger partial charge in [0.15, 0.2) is 5.82 Å². The monoisotopic (exact) mass is 502 g/mol. The molecule has 0 radical (unpaired) electrons. The van der Waals surface area contributed by atoms with E-state index in [4.69, 9.17) is 9.47 Å². The summed E-state index contributed by atoms with van der Waals surface area (Å²) in [4.78, 5) is 21.2. The molecule has 1 heterocycles. The average molecular weight is 503 g/mol. The Bertz CT molecular complexity index is 1050. The fourth-order valence-corrected chi connectivity index (χ4v) is 4.04. The lowest BCUT2D eigenvalue weighted by atomic mass is 10.0. The van der Waals surface area contributed by atoms with Crippen LogP contribution < -0.4 is 9.47 Å². The third kappa shape index (κ3) is 9.99. The van der Waals surface area contributed by atoms with E-state index in [0.29, 0.717) is 23.9 Å². The van der Waals surface area contributed by atoms with E-state index in [1.807, 2.05) is 60.9 Å². The molecular formula is C32H42N2O3. The largest absolute Gasteiger partial charge is 0.494 e. The van der Waals surface area contributed by atoms with Gasteiger partial charge in [0.2, 0.25) is 0 Å². The van der Waals surface area contributed by atoms with Crippen LogP contribution in [-0.4, -0.2) is 22.5 Å². The second kappa shape index (κ2) is 15.8. The van der Waals surface area contributed by atoms with Crippen LogP contribution >= 0.6 is 0 Å². The van der Waals surface area contributed by atoms with Crippen LogP contribution in [0.5, 0.6) is 11.5 Å². The Hall–Kier alpha value is -3.21. The highest BCUT2D eigenvalue weighted by Crippen LogP contribution is 2.24. The van der Waals surface area contributed by atoms with Gasteiger partial charge in [0.1, 0.15) is 11.5 Å². The van der Waals surface area contributed by atoms with E-state index in [9.17, 15) is 4.79 Å². The fraction of sp³-hybridized carbons (Fsp3) is 0.469. The number of hydrogen-bond acceptors (Lipinski definition) is 5. The summed E-state index contributed by atoms with van der Waals surface area (Å²) in [6.07, 6.45) is 15.0. The Kier molecular flexibility index (Phi) is 12.1. The second-order valence-electron chi connectivity index (χ2n) is 9.84. The van der Waals surface area contributed by atoms with Gasteiger partial charge in [-0.2, -0.15) is 0 Å². The SMILES string of the molecule is CCCCCCCCCOc1ccc(-c2ncc(-c3ccc(OC(=O)CCC(C)CC)cc3)cn2)cc1. The summed E-state index contributed by atoms with van der Waals surface area (Å²) in [6, 6.07) is 15.4. The maximum atomic E-state index is 12.0. The standard InChI is InChI=1S/C32H42N2O3/c1-4-6-7-8-9-10-11-22-36-29-17-15-27(16-18-29)32-33-23-28(24-34-32)26-13-19-30(20-14-26)37-31(35)21-12-25(3)5-2/h13-20,23-25H,4-12,21-22H2,1-3H3. The molecule has 5 nitrogen and oxygen atoms in total. The van der Waals surface area contributed by atoms with Crippen LogP contribution in [0.3, 0.4) is 0 Å². The minimum absolute atomic E-state index is 0.185. The molecule has 2 aromatic carbocycles. The van der Waals surface area contributed by atoms with Crippen molar-refractivity contribution in [2.75, 3.05) is 6.61 Å². The van der Waals surface area contributed by atoms with Gasteiger partial charge in [-0.1, -0.05) is 77.8 Å². The number of carbonyl (C=O) groups is 1. The molecule has 0 aliphatic carbocycles. The number of rotatable bonds is 16. The predicted molar refractivity (Wildman–Crippen MR) is 151 cm³/mol. The molecule has 0 fully saturated rings. The number of esters is 1. The van der Waals surface area contributed by atoms with Crippen LogP contribution in [0, 0.1) is 5.92 Å². The van der Waals surface area contributed by atoms with E-state index in [1.165, 1.54) is 38.5 Å². The van der Waals surface area contributed by atoms with E-state index in [1.54, 1.807) is 0 Å². The Balaban J connectivity index is 1.45. The molecule has 1 atom stereocenters. The van der Waals surface area contributed by atoms with E-state index >= 15 is 0 Å². The molecular weight excluding hydrogens is 460 g/mol. The maximum Gasteiger partial charge on any atom is 0.311 e. The number of nitrogens with zero attached hydrogens (tertiary/aromatic N) is 2. The van der Waals surface area contributed by atoms with Crippen molar-refractivity contribution in [2.24, 2.45) is 5.92 Å². The lowest BCUT2D eigenvalue weighted by Gasteiger charge is -2.09. The van der Waals surface area contributed by atoms with Gasteiger partial charge in [0.05, 0.1) is 6.61 Å². The molecule has 0 aliphatic heterocycles. The summed E-state index contributed by atoms with van der Waals surface area (Å²) in [6.45, 7) is 7.29. The van der Waals surface area contributed by atoms with E-state index in [0.717, 1.165) is 48.3 Å². The lowest BCUT2D eigenvalue weighted by Crippen LogP contribution is -2.09. The van der Waals surface area contributed by atoms with Gasteiger partial charge in [-0.05, 0) is 60.7 Å². The zero-order chi connectivity index (χ0) is 26.3. The first kappa shape index (κ1) is 28.4. The van der Waals surface area contributed by atoms with Crippen LogP contribution in [0.2, 0.25) is 0 Å². The van der Waals surface area contributed by atoms with E-state index < -0.39 is 0 Å². The third-order valence-electron chi connectivity index (χ3n) is 6.74. The average Bonchev–Trinajstić information content (AvgIpc) is 2.94. The van der Waals surface area contributed by atoms with Gasteiger partial charge >= 0.3 is 5.97 Å². The van der Waals surface area contributed by atoms with Gasteiger partial charge in [-0.15, -0.1) is 0 Å². The minimum Gasteiger partial charge on any atom is -0.494 e. The highest BCUT2D eigenvalue weighted by Gasteiger charge is 2.09. The number of aromatic nitrogens is 2. The summed E-state index contributed by atoms with van der Waals surface area (Å²) >= 11 is 0. The van der Waals surface area contributed by atoms with Gasteiger partial charge in [-0.25, -0.2) is 9.97 Å². The van der Waals surface area contributed by atoms with Gasteiger partial charge in [-0.3, -0.25) is 4.79 Å². The molecule has 1 aromatic heterocycles. The Morgan fingerprint density at radius 2 is 1.35 bits per heavy atom. The molecule has 0 saturated heterocycles. The topological polar surface area (TPSA) is 61.3 Å². The molecule has 3 aromatic rings. The number of carbonyl (C=O) groups excluding carboxylic acids is 1. The van der Waals surface area contributed by atoms with Crippen LogP contribution in [-0.2, 0) is 4.79 Å². The summed E-state index contributed by atoms with van der Waals surface area (Å²) in [7, 11) is 0. The molecule has 37 heavy (non-hydrogen) atoms. The molecule has 0 N–H and O–H groups in total. The first-order valence-electron chi connectivity index (χ1n) is 14.0. The van der Waals surface area contributed by atoms with Crippen molar-refractivity contribution in [3.8, 4) is 34.0 Å². The first-order valence-corrected chi connectivity index (χ1v) is 14.0. The minimum atomic E-state index is -0.185. The molecule has 1 unspecified atom stereocenters. The zero-order valence-corrected chi connectivity index (χ0v) is 22.7. The van der Waals surface area contributed by atoms with Gasteiger partial charge in [0.25, 0.3) is 0 Å². The van der Waals surface area contributed by atoms with Crippen molar-refractivity contribution in [2.45, 2.75) is 85.0 Å². The van der Waals surface area contributed by atoms with Crippen molar-refractivity contribution in [3.05, 3.63) is 60.9 Å². The van der Waals surface area contributed by atoms with Crippen LogP contribution in [0.4, 0.5) is 0 Å². The highest BCUT2D eigenvalue weighted by molar-refractivity contribution is 5.73. The lowest BCUT2D eigenvalue weighted by molar-refractivity contribution is -0.134. The van der Waals surface area contributed by atoms with Crippen molar-refractivity contribution >= 4 is 5.97 Å². The first-order chi connectivity index (χ1) is 18.1. The van der Waals surface area contributed by atoms with Crippen molar-refractivity contribution < 1.29 is 14.3 Å². The molecule has 0 bridgehead atoms. The molecule has 0 amide bonds. The number of unbranched alkanes of at least 4 members (excludes halogenated alkanes) is 6. The van der Waals surface area contributed by atoms with E-state index in [2.05, 4.69) is 30.7 Å². The zero-order valence-electron chi connectivity index (χ0n) is 22.7. The third-order valence-corrected chi connectivity index (χ3v) is 6.74. The van der Waals surface area contributed by atoms with Crippen LogP contribution in [0.1, 0.15) is 85.0 Å². The summed E-state index contributed by atoms with van der Waals surface area (Å²) < 4.78 is 11.4. The smallest absolute Gasteiger partial charge is 0.311 e. The number of benzene rings is 2. The maximum absolute atomic E-state index is 12.0. The van der Waals surface area contributed by atoms with Gasteiger partial charge in [0, 0.05) is 29.9 Å². The summed E-state index contributed by atoms with van der Waals surface area (Å²) in [5.41, 5.74) is 2.84. The fourth-order valence-electron chi connectivity index (χ4n) is 4.04. The molecule has 0 spiro atoms. The molecule has 5 heteroatoms. The number of ether oxygens (including phenoxy) is 2. The highest BCUT2D eigenvalue weighted by atomic mass is 16.5. The Morgan fingerprint density at radius 1 is 0.757 bits per heavy atom. The predicted octanol–water partition coefficient (Wildman–Crippen LogP) is 8.67. The van der Waals surface area contributed by atoms with Crippen molar-refractivity contribution in [3.63, 3.8) is 0 Å². The second-order valence-corrected chi connectivity index (χ2v) is 9.84. The Morgan fingerprint density at radius 3 is 2.00 bits per heavy atom. The molecule has 0 saturated carbocycles. The van der Waals surface area contributed by atoms with E-state index in [-0.39, 0.29) is 5.97 Å². The number of hydrogen-bond donors (Lipinski definition) is 0. The summed E-state index contributed by atoms with van der Waals surface area (Å²) in [5, 5.41) is 0. The van der Waals surface area contributed by atoms with Crippen molar-refractivity contribution in [1.29, 1.82) is 0 Å². The van der Waals surface area contributed by atoms with Gasteiger partial charge < -0.3 is 9.47 Å². The van der Waals surface area contributed by atoms with Crippen molar-refractivity contribution in [1.82, 2.24) is 9.97 Å². The summed E-state index contributed by atoms with van der Waals surface area (Å²) in [5.74, 6) is 2.46. The van der Waals surface area contributed by atoms with Crippen LogP contribution in [0.15, 0.2) is 60.9 Å². The van der Waals surface area contributed by atoms with Crippen LogP contribution in [0.25, 0.3) is 22.5 Å². The molecule has 0 aliphatic rings. The Labute approximate surface area is 222 Å². The molecule has 3 rings (SSSR count). The normalized spacial score (nSPS) is 11.8. The molecule has 198 valence electrons.